The molecule has 0 spiro atoms. The predicted molar refractivity (Wildman–Crippen MR) is 148 cm³/mol. The third-order valence-electron chi connectivity index (χ3n) is 6.18. The van der Waals surface area contributed by atoms with Crippen molar-refractivity contribution < 1.29 is 23.7 Å². The van der Waals surface area contributed by atoms with Crippen LogP contribution < -0.4 is 0 Å². The molecular weight excluding hydrogens is 483 g/mol. The van der Waals surface area contributed by atoms with Crippen LogP contribution in [-0.2, 0) is 43.5 Å². The third-order valence-corrected chi connectivity index (χ3v) is 7.62. The maximum atomic E-state index is 6.64. The van der Waals surface area contributed by atoms with E-state index in [0.29, 0.717) is 19.8 Å². The van der Waals surface area contributed by atoms with Crippen LogP contribution in [0.1, 0.15) is 23.6 Å². The Balaban J connectivity index is 1.63. The van der Waals surface area contributed by atoms with Gasteiger partial charge in [-0.3, -0.25) is 0 Å². The lowest BCUT2D eigenvalue weighted by molar-refractivity contribution is -0.296. The molecule has 0 radical (unpaired) electrons. The molecule has 6 heteroatoms. The van der Waals surface area contributed by atoms with E-state index in [0.717, 1.165) is 16.7 Å². The summed E-state index contributed by atoms with van der Waals surface area (Å²) in [5.74, 6) is -0.175. The summed E-state index contributed by atoms with van der Waals surface area (Å²) in [6, 6.07) is 30.5. The number of ether oxygens (including phenoxy) is 5. The molecule has 4 rings (SSSR count). The van der Waals surface area contributed by atoms with E-state index in [4.69, 9.17) is 23.7 Å². The molecule has 0 amide bonds. The second kappa shape index (κ2) is 14.4. The van der Waals surface area contributed by atoms with Crippen molar-refractivity contribution in [3.63, 3.8) is 0 Å². The zero-order valence-corrected chi connectivity index (χ0v) is 22.7. The first-order valence-corrected chi connectivity index (χ1v) is 15.0. The third kappa shape index (κ3) is 7.98. The molecular formula is C31H37O5P. The van der Waals surface area contributed by atoms with Crippen LogP contribution >= 0.6 is 7.92 Å². The van der Waals surface area contributed by atoms with E-state index in [-0.39, 0.29) is 11.9 Å². The van der Waals surface area contributed by atoms with E-state index in [9.17, 15) is 0 Å². The van der Waals surface area contributed by atoms with Crippen molar-refractivity contribution in [3.05, 3.63) is 120 Å². The van der Waals surface area contributed by atoms with Crippen molar-refractivity contribution in [1.82, 2.24) is 0 Å². The monoisotopic (exact) mass is 520 g/mol. The number of hydrogen-bond acceptors (Lipinski definition) is 5. The molecule has 196 valence electrons. The molecule has 0 aromatic heterocycles. The molecule has 1 heterocycles. The molecule has 1 aliphatic rings. The second-order valence-corrected chi connectivity index (χ2v) is 11.7. The normalized spacial score (nSPS) is 23.9. The minimum Gasteiger partial charge on any atom is -0.470 e. The van der Waals surface area contributed by atoms with Crippen molar-refractivity contribution in [3.8, 4) is 0 Å². The van der Waals surface area contributed by atoms with Crippen molar-refractivity contribution in [2.75, 3.05) is 13.3 Å². The van der Waals surface area contributed by atoms with E-state index in [1.54, 1.807) is 6.26 Å². The Kier molecular flexibility index (Phi) is 10.7. The van der Waals surface area contributed by atoms with Gasteiger partial charge in [0.05, 0.1) is 26.1 Å². The lowest BCUT2D eigenvalue weighted by atomic mass is 10.0. The maximum absolute atomic E-state index is 6.64. The number of allylic oxidation sites excluding steroid dienone is 1. The summed E-state index contributed by atoms with van der Waals surface area (Å²) in [6.07, 6.45) is 1.68. The summed E-state index contributed by atoms with van der Waals surface area (Å²) in [7, 11) is -0.531. The molecule has 1 aliphatic heterocycles. The van der Waals surface area contributed by atoms with E-state index >= 15 is 0 Å². The summed E-state index contributed by atoms with van der Waals surface area (Å²) in [5.41, 5.74) is 3.27. The van der Waals surface area contributed by atoms with Crippen LogP contribution in [0.15, 0.2) is 103 Å². The summed E-state index contributed by atoms with van der Waals surface area (Å²) in [6.45, 7) is 7.64. The zero-order chi connectivity index (χ0) is 25.9. The predicted octanol–water partition coefficient (Wildman–Crippen LogP) is 6.72. The Hall–Kier alpha value is -2.53. The second-order valence-electron chi connectivity index (χ2n) is 9.25. The average molecular weight is 521 g/mol. The lowest BCUT2D eigenvalue weighted by Crippen LogP contribution is -2.59. The van der Waals surface area contributed by atoms with Gasteiger partial charge in [-0.1, -0.05) is 105 Å². The highest BCUT2D eigenvalue weighted by atomic mass is 31.1. The topological polar surface area (TPSA) is 46.2 Å². The number of rotatable bonds is 12. The van der Waals surface area contributed by atoms with Crippen molar-refractivity contribution >= 4 is 7.92 Å². The average Bonchev–Trinajstić information content (AvgIpc) is 2.94. The molecule has 37 heavy (non-hydrogen) atoms. The Bertz CT molecular complexity index is 1060. The molecule has 1 fully saturated rings. The maximum Gasteiger partial charge on any atom is 0.228 e. The van der Waals surface area contributed by atoms with Crippen LogP contribution in [0.3, 0.4) is 0 Å². The Labute approximate surface area is 222 Å². The zero-order valence-electron chi connectivity index (χ0n) is 21.8. The molecule has 3 aromatic rings. The van der Waals surface area contributed by atoms with Crippen LogP contribution in [0, 0.1) is 0 Å². The molecule has 0 unspecified atom stereocenters. The van der Waals surface area contributed by atoms with Crippen molar-refractivity contribution in [1.29, 1.82) is 0 Å². The van der Waals surface area contributed by atoms with Crippen LogP contribution in [-0.4, -0.2) is 43.8 Å². The standard InChI is InChI=1S/C31H37O5P/c1-4-20-32-30-28(34-22-25-16-10-6-11-17-25)27(33-21-24-14-8-5-9-15-24)29(31(36-30)37(2)3)35-23-26-18-12-7-13-19-26/h4-20,27-31H,21-23H2,1-3H3/t27-,28-,29+,30+,31-/m1/s1. The Morgan fingerprint density at radius 2 is 1.08 bits per heavy atom. The molecule has 5 atom stereocenters. The number of benzene rings is 3. The van der Waals surface area contributed by atoms with Gasteiger partial charge >= 0.3 is 0 Å². The van der Waals surface area contributed by atoms with Gasteiger partial charge in [0, 0.05) is 0 Å². The summed E-state index contributed by atoms with van der Waals surface area (Å²) >= 11 is 0. The summed E-state index contributed by atoms with van der Waals surface area (Å²) in [4.78, 5) is 0. The minimum atomic E-state index is -0.618. The van der Waals surface area contributed by atoms with Gasteiger partial charge < -0.3 is 23.7 Å². The van der Waals surface area contributed by atoms with Gasteiger partial charge in [0.25, 0.3) is 0 Å². The van der Waals surface area contributed by atoms with Gasteiger partial charge in [0.15, 0.2) is 0 Å². The highest BCUT2D eigenvalue weighted by Crippen LogP contribution is 2.44. The molecule has 5 nitrogen and oxygen atoms in total. The van der Waals surface area contributed by atoms with Gasteiger partial charge in [-0.05, 0) is 36.9 Å². The number of hydrogen-bond donors (Lipinski definition) is 0. The quantitative estimate of drug-likeness (QED) is 0.196. The fourth-order valence-corrected chi connectivity index (χ4v) is 5.52. The first-order valence-electron chi connectivity index (χ1n) is 12.7. The SMILES string of the molecule is CC=CO[C@H]1O[C@H](P(C)C)[C@@H](OCc2ccccc2)[C@H](OCc2ccccc2)[C@H]1OCc1ccccc1. The van der Waals surface area contributed by atoms with Crippen molar-refractivity contribution in [2.24, 2.45) is 0 Å². The summed E-state index contributed by atoms with van der Waals surface area (Å²) < 4.78 is 32.4. The van der Waals surface area contributed by atoms with Gasteiger partial charge in [0.2, 0.25) is 6.29 Å². The molecule has 3 aromatic carbocycles. The Morgan fingerprint density at radius 3 is 1.51 bits per heavy atom. The fourth-order valence-electron chi connectivity index (χ4n) is 4.32. The van der Waals surface area contributed by atoms with Crippen LogP contribution in [0.2, 0.25) is 0 Å². The van der Waals surface area contributed by atoms with Crippen LogP contribution in [0.25, 0.3) is 0 Å². The van der Waals surface area contributed by atoms with Gasteiger partial charge in [0.1, 0.15) is 24.2 Å². The van der Waals surface area contributed by atoms with E-state index in [1.807, 2.05) is 67.6 Å². The Morgan fingerprint density at radius 1 is 0.649 bits per heavy atom. The first kappa shape index (κ1) is 27.5. The highest BCUT2D eigenvalue weighted by molar-refractivity contribution is 7.56. The molecule has 1 saturated heterocycles. The van der Waals surface area contributed by atoms with Crippen molar-refractivity contribution in [2.45, 2.75) is 57.2 Å². The largest absolute Gasteiger partial charge is 0.470 e. The van der Waals surface area contributed by atoms with Crippen LogP contribution in [0.5, 0.6) is 0 Å². The molecule has 0 N–H and O–H groups in total. The van der Waals surface area contributed by atoms with E-state index < -0.39 is 26.4 Å². The molecule has 0 saturated carbocycles. The minimum absolute atomic E-state index is 0.175. The summed E-state index contributed by atoms with van der Waals surface area (Å²) in [5, 5.41) is 0. The van der Waals surface area contributed by atoms with E-state index in [2.05, 4.69) is 49.7 Å². The van der Waals surface area contributed by atoms with Gasteiger partial charge in [-0.25, -0.2) is 0 Å². The molecule has 0 aliphatic carbocycles. The first-order chi connectivity index (χ1) is 18.2. The van der Waals surface area contributed by atoms with Crippen LogP contribution in [0.4, 0.5) is 0 Å². The smallest absolute Gasteiger partial charge is 0.228 e. The van der Waals surface area contributed by atoms with E-state index in [1.165, 1.54) is 0 Å². The molecule has 0 bridgehead atoms. The van der Waals surface area contributed by atoms with Gasteiger partial charge in [-0.2, -0.15) is 0 Å². The fraction of sp³-hybridized carbons (Fsp3) is 0.355. The van der Waals surface area contributed by atoms with Gasteiger partial charge in [-0.15, -0.1) is 0 Å². The highest BCUT2D eigenvalue weighted by Gasteiger charge is 2.50. The lowest BCUT2D eigenvalue weighted by Gasteiger charge is -2.46.